The number of nitrogens with zero attached hydrogens (tertiary/aromatic N) is 1. The minimum Gasteiger partial charge on any atom is -0.369 e. The molecule has 0 unspecified atom stereocenters. The van der Waals surface area contributed by atoms with Crippen LogP contribution in [0, 0.1) is 29.1 Å². The van der Waals surface area contributed by atoms with Crippen LogP contribution < -0.4 is 0 Å². The Morgan fingerprint density at radius 1 is 1.30 bits per heavy atom. The molecule has 52 valence electrons. The van der Waals surface area contributed by atoms with Crippen LogP contribution in [0.5, 0.6) is 0 Å². The van der Waals surface area contributed by atoms with Gasteiger partial charge in [0.2, 0.25) is 0 Å². The molecule has 3 rings (SSSR count). The smallest absolute Gasteiger partial charge is 0.0885 e. The molecule has 0 radical (unpaired) electrons. The van der Waals surface area contributed by atoms with Gasteiger partial charge in [-0.05, 0) is 18.8 Å². The van der Waals surface area contributed by atoms with Crippen molar-refractivity contribution in [1.29, 1.82) is 5.26 Å². The second kappa shape index (κ2) is 1.38. The summed E-state index contributed by atoms with van der Waals surface area (Å²) in [5, 5.41) is 8.72. The Morgan fingerprint density at radius 3 is 2.80 bits per heavy atom. The van der Waals surface area contributed by atoms with Gasteiger partial charge in [0.1, 0.15) is 0 Å². The van der Waals surface area contributed by atoms with Crippen molar-refractivity contribution in [3.63, 3.8) is 0 Å². The second-order valence-corrected chi connectivity index (χ2v) is 3.70. The van der Waals surface area contributed by atoms with Crippen LogP contribution in [-0.2, 0) is 4.74 Å². The summed E-state index contributed by atoms with van der Waals surface area (Å²) in [6, 6.07) is 2.37. The number of hydrogen-bond donors (Lipinski definition) is 0. The van der Waals surface area contributed by atoms with E-state index in [1.807, 2.05) is 0 Å². The first kappa shape index (κ1) is 5.15. The lowest BCUT2D eigenvalue weighted by molar-refractivity contribution is 0.259. The molecule has 2 bridgehead atoms. The largest absolute Gasteiger partial charge is 0.369 e. The van der Waals surface area contributed by atoms with E-state index < -0.39 is 0 Å². The molecular formula is C8H9NO. The van der Waals surface area contributed by atoms with Crippen LogP contribution in [0.4, 0.5) is 0 Å². The van der Waals surface area contributed by atoms with Crippen LogP contribution in [-0.4, -0.2) is 12.2 Å². The SMILES string of the molecule is N#C[C@@H]1C[C@H]2C[C@@H]1[C@@H]1O[C@H]21. The van der Waals surface area contributed by atoms with E-state index in [2.05, 4.69) is 6.07 Å². The van der Waals surface area contributed by atoms with Crippen molar-refractivity contribution >= 4 is 0 Å². The first-order valence-corrected chi connectivity index (χ1v) is 3.95. The summed E-state index contributed by atoms with van der Waals surface area (Å²) in [4.78, 5) is 0. The zero-order valence-electron chi connectivity index (χ0n) is 5.66. The molecule has 1 aliphatic heterocycles. The summed E-state index contributed by atoms with van der Waals surface area (Å²) in [6.07, 6.45) is 3.47. The zero-order chi connectivity index (χ0) is 6.72. The Hall–Kier alpha value is -0.550. The molecule has 2 aliphatic carbocycles. The molecule has 0 amide bonds. The lowest BCUT2D eigenvalue weighted by Crippen LogP contribution is -2.15. The molecule has 2 saturated carbocycles. The van der Waals surface area contributed by atoms with E-state index in [-0.39, 0.29) is 0 Å². The third-order valence-electron chi connectivity index (χ3n) is 3.26. The fourth-order valence-corrected chi connectivity index (χ4v) is 2.75. The minimum atomic E-state index is 0.328. The van der Waals surface area contributed by atoms with Crippen LogP contribution in [0.15, 0.2) is 0 Å². The topological polar surface area (TPSA) is 36.3 Å². The highest BCUT2D eigenvalue weighted by molar-refractivity contribution is 5.14. The van der Waals surface area contributed by atoms with Gasteiger partial charge in [0.25, 0.3) is 0 Å². The van der Waals surface area contributed by atoms with Crippen molar-refractivity contribution in [2.45, 2.75) is 25.0 Å². The summed E-state index contributed by atoms with van der Waals surface area (Å²) >= 11 is 0. The fourth-order valence-electron chi connectivity index (χ4n) is 2.75. The number of hydrogen-bond acceptors (Lipinski definition) is 2. The molecular weight excluding hydrogens is 126 g/mol. The van der Waals surface area contributed by atoms with Crippen LogP contribution in [0.1, 0.15) is 12.8 Å². The van der Waals surface area contributed by atoms with Gasteiger partial charge in [0, 0.05) is 5.92 Å². The second-order valence-electron chi connectivity index (χ2n) is 3.70. The molecule has 0 N–H and O–H groups in total. The van der Waals surface area contributed by atoms with Gasteiger partial charge >= 0.3 is 0 Å². The highest BCUT2D eigenvalue weighted by Gasteiger charge is 2.63. The van der Waals surface area contributed by atoms with Gasteiger partial charge in [-0.1, -0.05) is 0 Å². The van der Waals surface area contributed by atoms with E-state index in [0.29, 0.717) is 24.0 Å². The highest BCUT2D eigenvalue weighted by atomic mass is 16.6. The maximum Gasteiger partial charge on any atom is 0.0885 e. The quantitative estimate of drug-likeness (QED) is 0.463. The average molecular weight is 135 g/mol. The zero-order valence-corrected chi connectivity index (χ0v) is 5.66. The molecule has 1 heterocycles. The average Bonchev–Trinajstić information content (AvgIpc) is 2.58. The highest BCUT2D eigenvalue weighted by Crippen LogP contribution is 2.58. The number of fused-ring (bicyclic) bond motifs is 5. The van der Waals surface area contributed by atoms with Gasteiger partial charge in [-0.15, -0.1) is 0 Å². The van der Waals surface area contributed by atoms with E-state index in [0.717, 1.165) is 12.3 Å². The standard InChI is InChI=1S/C8H9NO/c9-3-5-1-4-2-6(5)8-7(4)10-8/h4-8H,1-2H2/t4-,5-,6-,7+,8-/m0/s1. The Balaban J connectivity index is 1.93. The molecule has 0 aromatic heterocycles. The van der Waals surface area contributed by atoms with Crippen molar-refractivity contribution in [2.75, 3.05) is 0 Å². The Labute approximate surface area is 59.8 Å². The maximum absolute atomic E-state index is 8.72. The molecule has 0 aromatic rings. The summed E-state index contributed by atoms with van der Waals surface area (Å²) in [5.74, 6) is 1.69. The molecule has 5 atom stereocenters. The fraction of sp³-hybridized carbons (Fsp3) is 0.875. The van der Waals surface area contributed by atoms with Gasteiger partial charge in [-0.3, -0.25) is 0 Å². The van der Waals surface area contributed by atoms with E-state index >= 15 is 0 Å². The van der Waals surface area contributed by atoms with Crippen molar-refractivity contribution in [3.8, 4) is 6.07 Å². The Kier molecular flexibility index (Phi) is 0.709. The van der Waals surface area contributed by atoms with Crippen molar-refractivity contribution in [2.24, 2.45) is 17.8 Å². The van der Waals surface area contributed by atoms with Gasteiger partial charge in [0.15, 0.2) is 0 Å². The van der Waals surface area contributed by atoms with Crippen LogP contribution in [0.3, 0.4) is 0 Å². The van der Waals surface area contributed by atoms with Gasteiger partial charge in [0.05, 0.1) is 24.2 Å². The first-order chi connectivity index (χ1) is 4.90. The molecule has 3 fully saturated rings. The number of ether oxygens (including phenoxy) is 1. The van der Waals surface area contributed by atoms with E-state index in [9.17, 15) is 0 Å². The van der Waals surface area contributed by atoms with E-state index in [4.69, 9.17) is 10.00 Å². The van der Waals surface area contributed by atoms with Gasteiger partial charge in [-0.25, -0.2) is 0 Å². The third-order valence-corrected chi connectivity index (χ3v) is 3.26. The third kappa shape index (κ3) is 0.411. The first-order valence-electron chi connectivity index (χ1n) is 3.95. The summed E-state index contributed by atoms with van der Waals surface area (Å²) in [6.45, 7) is 0. The number of epoxide rings is 1. The lowest BCUT2D eigenvalue weighted by atomic mass is 9.90. The summed E-state index contributed by atoms with van der Waals surface area (Å²) < 4.78 is 5.42. The molecule has 1 saturated heterocycles. The molecule has 0 aromatic carbocycles. The van der Waals surface area contributed by atoms with Crippen LogP contribution >= 0.6 is 0 Å². The maximum atomic E-state index is 8.72. The molecule has 0 spiro atoms. The number of nitriles is 1. The van der Waals surface area contributed by atoms with Crippen LogP contribution in [0.2, 0.25) is 0 Å². The Bertz CT molecular complexity index is 220. The van der Waals surface area contributed by atoms with Gasteiger partial charge < -0.3 is 4.74 Å². The predicted molar refractivity (Wildman–Crippen MR) is 34.0 cm³/mol. The van der Waals surface area contributed by atoms with E-state index in [1.54, 1.807) is 0 Å². The molecule has 2 heteroatoms. The summed E-state index contributed by atoms with van der Waals surface area (Å²) in [5.41, 5.74) is 0. The monoisotopic (exact) mass is 135 g/mol. The minimum absolute atomic E-state index is 0.328. The van der Waals surface area contributed by atoms with Crippen molar-refractivity contribution in [1.82, 2.24) is 0 Å². The van der Waals surface area contributed by atoms with E-state index in [1.165, 1.54) is 6.42 Å². The summed E-state index contributed by atoms with van der Waals surface area (Å²) in [7, 11) is 0. The van der Waals surface area contributed by atoms with Gasteiger partial charge in [-0.2, -0.15) is 5.26 Å². The molecule has 10 heavy (non-hydrogen) atoms. The van der Waals surface area contributed by atoms with Crippen molar-refractivity contribution in [3.05, 3.63) is 0 Å². The van der Waals surface area contributed by atoms with Crippen molar-refractivity contribution < 1.29 is 4.74 Å². The normalized spacial score (nSPS) is 61.7. The molecule has 2 nitrogen and oxygen atoms in total. The number of rotatable bonds is 0. The lowest BCUT2D eigenvalue weighted by Gasteiger charge is -2.09. The Morgan fingerprint density at radius 2 is 2.20 bits per heavy atom. The predicted octanol–water partition coefficient (Wildman–Crippen LogP) is 0.933. The molecule has 3 aliphatic rings. The van der Waals surface area contributed by atoms with Crippen LogP contribution in [0.25, 0.3) is 0 Å².